The van der Waals surface area contributed by atoms with Crippen LogP contribution in [0.3, 0.4) is 0 Å². The molecule has 4 rings (SSSR count). The van der Waals surface area contributed by atoms with Crippen LogP contribution in [-0.2, 0) is 11.3 Å². The molecular weight excluding hydrogens is 484 g/mol. The van der Waals surface area contributed by atoms with E-state index >= 15 is 0 Å². The molecule has 178 valence electrons. The number of nitrogens with one attached hydrogen (secondary N) is 2. The van der Waals surface area contributed by atoms with Crippen LogP contribution in [0, 0.1) is 0 Å². The number of urea groups is 1. The Bertz CT molecular complexity index is 1410. The maximum atomic E-state index is 13.5. The molecule has 0 aliphatic carbocycles. The van der Waals surface area contributed by atoms with Crippen molar-refractivity contribution in [2.45, 2.75) is 23.9 Å². The van der Waals surface area contributed by atoms with Crippen LogP contribution in [0.1, 0.15) is 23.3 Å². The largest absolute Gasteiger partial charge is 0.338 e. The van der Waals surface area contributed by atoms with Crippen LogP contribution in [0.25, 0.3) is 10.9 Å². The molecule has 0 bridgehead atoms. The summed E-state index contributed by atoms with van der Waals surface area (Å²) in [5, 5.41) is 5.58. The van der Waals surface area contributed by atoms with Gasteiger partial charge in [-0.1, -0.05) is 78.0 Å². The van der Waals surface area contributed by atoms with Gasteiger partial charge in [-0.2, -0.15) is 0 Å². The van der Waals surface area contributed by atoms with E-state index in [-0.39, 0.29) is 12.1 Å². The van der Waals surface area contributed by atoms with E-state index in [0.29, 0.717) is 33.2 Å². The van der Waals surface area contributed by atoms with E-state index in [1.54, 1.807) is 54.0 Å². The molecule has 1 heterocycles. The van der Waals surface area contributed by atoms with Gasteiger partial charge in [0.2, 0.25) is 5.91 Å². The van der Waals surface area contributed by atoms with Crippen molar-refractivity contribution in [2.24, 2.45) is 0 Å². The van der Waals surface area contributed by atoms with Crippen LogP contribution in [0.15, 0.2) is 88.8 Å². The second-order valence-electron chi connectivity index (χ2n) is 7.69. The topological polar surface area (TPSA) is 93.1 Å². The van der Waals surface area contributed by atoms with E-state index in [1.165, 1.54) is 0 Å². The Morgan fingerprint density at radius 1 is 1.00 bits per heavy atom. The number of halogens is 1. The molecular formula is C26H23ClN4O3S. The monoisotopic (exact) mass is 506 g/mol. The fourth-order valence-electron chi connectivity index (χ4n) is 3.54. The fraction of sp³-hybridized carbons (Fsp3) is 0.154. The quantitative estimate of drug-likeness (QED) is 0.278. The number of fused-ring (bicyclic) bond motifs is 1. The van der Waals surface area contributed by atoms with Gasteiger partial charge in [0.15, 0.2) is 5.16 Å². The van der Waals surface area contributed by atoms with Crippen LogP contribution in [0.5, 0.6) is 0 Å². The zero-order chi connectivity index (χ0) is 24.8. The summed E-state index contributed by atoms with van der Waals surface area (Å²) in [6.45, 7) is 2.40. The molecule has 0 radical (unpaired) electrons. The van der Waals surface area contributed by atoms with Gasteiger partial charge < -0.3 is 5.32 Å². The minimum Gasteiger partial charge on any atom is -0.338 e. The SMILES string of the molecule is CCNC(=O)NC(=O)C(Sc1nc2ccccc2c(=O)n1Cc1ccc(Cl)cc1)c1ccccc1. The average Bonchev–Trinajstić information content (AvgIpc) is 2.86. The van der Waals surface area contributed by atoms with Gasteiger partial charge in [0.25, 0.3) is 5.56 Å². The minimum atomic E-state index is -0.816. The first kappa shape index (κ1) is 24.5. The summed E-state index contributed by atoms with van der Waals surface area (Å²) in [5.41, 5.74) is 1.85. The van der Waals surface area contributed by atoms with Crippen LogP contribution < -0.4 is 16.2 Å². The van der Waals surface area contributed by atoms with Crippen molar-refractivity contribution < 1.29 is 9.59 Å². The van der Waals surface area contributed by atoms with Crippen LogP contribution >= 0.6 is 23.4 Å². The zero-order valence-corrected chi connectivity index (χ0v) is 20.5. The molecule has 7 nitrogen and oxygen atoms in total. The molecule has 3 amide bonds. The first-order chi connectivity index (χ1) is 17.0. The summed E-state index contributed by atoms with van der Waals surface area (Å²) < 4.78 is 1.55. The highest BCUT2D eigenvalue weighted by atomic mass is 35.5. The van der Waals surface area contributed by atoms with Gasteiger partial charge in [-0.05, 0) is 42.3 Å². The van der Waals surface area contributed by atoms with E-state index in [4.69, 9.17) is 16.6 Å². The molecule has 0 spiro atoms. The molecule has 1 aromatic heterocycles. The second kappa shape index (κ2) is 11.2. The van der Waals surface area contributed by atoms with Gasteiger partial charge in [-0.25, -0.2) is 9.78 Å². The summed E-state index contributed by atoms with van der Waals surface area (Å²) in [6, 6.07) is 22.8. The average molecular weight is 507 g/mol. The lowest BCUT2D eigenvalue weighted by Crippen LogP contribution is -2.41. The fourth-order valence-corrected chi connectivity index (χ4v) is 4.76. The predicted octanol–water partition coefficient (Wildman–Crippen LogP) is 4.78. The Morgan fingerprint density at radius 3 is 2.40 bits per heavy atom. The Labute approximate surface area is 211 Å². The van der Waals surface area contributed by atoms with E-state index in [9.17, 15) is 14.4 Å². The molecule has 35 heavy (non-hydrogen) atoms. The van der Waals surface area contributed by atoms with Gasteiger partial charge in [0.1, 0.15) is 5.25 Å². The Kier molecular flexibility index (Phi) is 7.84. The normalized spacial score (nSPS) is 11.7. The molecule has 0 aliphatic heterocycles. The number of thioether (sulfide) groups is 1. The molecule has 0 saturated heterocycles. The van der Waals surface area contributed by atoms with Gasteiger partial charge in [-0.3, -0.25) is 19.5 Å². The standard InChI is InChI=1S/C26H23ClN4O3S/c1-2-28-25(34)30-23(32)22(18-8-4-3-5-9-18)35-26-29-21-11-7-6-10-20(21)24(33)31(26)16-17-12-14-19(27)15-13-17/h3-15,22H,2,16H2,1H3,(H2,28,30,32,34). The van der Waals surface area contributed by atoms with Gasteiger partial charge >= 0.3 is 6.03 Å². The summed E-state index contributed by atoms with van der Waals surface area (Å²) in [7, 11) is 0. The Morgan fingerprint density at radius 2 is 1.69 bits per heavy atom. The van der Waals surface area contributed by atoms with Crippen LogP contribution in [0.4, 0.5) is 4.79 Å². The zero-order valence-electron chi connectivity index (χ0n) is 18.9. The number of carbonyl (C=O) groups is 2. The predicted molar refractivity (Wildman–Crippen MR) is 139 cm³/mol. The van der Waals surface area contributed by atoms with Crippen molar-refractivity contribution in [3.05, 3.63) is 105 Å². The summed E-state index contributed by atoms with van der Waals surface area (Å²) in [4.78, 5) is 43.5. The van der Waals surface area contributed by atoms with Gasteiger partial charge in [0.05, 0.1) is 17.4 Å². The third-order valence-corrected chi connectivity index (χ3v) is 6.71. The van der Waals surface area contributed by atoms with Crippen molar-refractivity contribution in [1.82, 2.24) is 20.2 Å². The molecule has 4 aromatic rings. The molecule has 1 atom stereocenters. The number of nitrogens with zero attached hydrogens (tertiary/aromatic N) is 2. The summed E-state index contributed by atoms with van der Waals surface area (Å²) in [6.07, 6.45) is 0. The van der Waals surface area contributed by atoms with Crippen molar-refractivity contribution in [2.75, 3.05) is 6.54 Å². The first-order valence-corrected chi connectivity index (χ1v) is 12.3. The number of para-hydroxylation sites is 1. The van der Waals surface area contributed by atoms with Crippen molar-refractivity contribution >= 4 is 46.2 Å². The maximum absolute atomic E-state index is 13.5. The highest BCUT2D eigenvalue weighted by Gasteiger charge is 2.26. The lowest BCUT2D eigenvalue weighted by atomic mass is 10.1. The number of rotatable bonds is 7. The smallest absolute Gasteiger partial charge is 0.321 e. The lowest BCUT2D eigenvalue weighted by molar-refractivity contribution is -0.119. The number of hydrogen-bond donors (Lipinski definition) is 2. The third-order valence-electron chi connectivity index (χ3n) is 5.22. The first-order valence-electron chi connectivity index (χ1n) is 11.0. The van der Waals surface area contributed by atoms with Crippen molar-refractivity contribution in [3.63, 3.8) is 0 Å². The Balaban J connectivity index is 1.79. The van der Waals surface area contributed by atoms with Gasteiger partial charge in [0, 0.05) is 11.6 Å². The lowest BCUT2D eigenvalue weighted by Gasteiger charge is -2.19. The van der Waals surface area contributed by atoms with Crippen LogP contribution in [0.2, 0.25) is 5.02 Å². The van der Waals surface area contributed by atoms with E-state index < -0.39 is 17.2 Å². The highest BCUT2D eigenvalue weighted by molar-refractivity contribution is 8.00. The molecule has 0 fully saturated rings. The van der Waals surface area contributed by atoms with Crippen molar-refractivity contribution in [3.8, 4) is 0 Å². The molecule has 0 aliphatic rings. The number of hydrogen-bond acceptors (Lipinski definition) is 5. The molecule has 1 unspecified atom stereocenters. The maximum Gasteiger partial charge on any atom is 0.321 e. The molecule has 9 heteroatoms. The van der Waals surface area contributed by atoms with Crippen molar-refractivity contribution in [1.29, 1.82) is 0 Å². The third kappa shape index (κ3) is 5.90. The molecule has 3 aromatic carbocycles. The number of imide groups is 1. The summed E-state index contributed by atoms with van der Waals surface area (Å²) >= 11 is 7.15. The highest BCUT2D eigenvalue weighted by Crippen LogP contribution is 2.35. The second-order valence-corrected chi connectivity index (χ2v) is 9.20. The number of carbonyl (C=O) groups excluding carboxylic acids is 2. The minimum absolute atomic E-state index is 0.219. The molecule has 2 N–H and O–H groups in total. The molecule has 0 saturated carbocycles. The number of benzene rings is 3. The Hall–Kier alpha value is -3.62. The van der Waals surface area contributed by atoms with E-state index in [1.807, 2.05) is 36.4 Å². The van der Waals surface area contributed by atoms with E-state index in [2.05, 4.69) is 10.6 Å². The van der Waals surface area contributed by atoms with E-state index in [0.717, 1.165) is 17.3 Å². The number of amides is 3. The number of aromatic nitrogens is 2. The van der Waals surface area contributed by atoms with Crippen LogP contribution in [-0.4, -0.2) is 28.0 Å². The van der Waals surface area contributed by atoms with Gasteiger partial charge in [-0.15, -0.1) is 0 Å². The summed E-state index contributed by atoms with van der Waals surface area (Å²) in [5.74, 6) is -0.507.